The van der Waals surface area contributed by atoms with Gasteiger partial charge in [-0.25, -0.2) is 0 Å². The first kappa shape index (κ1) is 11.0. The zero-order valence-electron chi connectivity index (χ0n) is 8.78. The number of rotatable bonds is 4. The molecular formula is C10H17NO3. The van der Waals surface area contributed by atoms with Gasteiger partial charge in [-0.2, -0.15) is 0 Å². The topological polar surface area (TPSA) is 46.6 Å². The molecule has 0 aromatic carbocycles. The molecule has 1 aliphatic rings. The monoisotopic (exact) mass is 199 g/mol. The minimum atomic E-state index is -0.266. The summed E-state index contributed by atoms with van der Waals surface area (Å²) in [5, 5.41) is 0. The first-order valence-corrected chi connectivity index (χ1v) is 5.04. The van der Waals surface area contributed by atoms with Crippen LogP contribution in [-0.4, -0.2) is 37.0 Å². The third-order valence-corrected chi connectivity index (χ3v) is 2.53. The van der Waals surface area contributed by atoms with Gasteiger partial charge in [-0.1, -0.05) is 13.3 Å². The maximum atomic E-state index is 11.4. The lowest BCUT2D eigenvalue weighted by atomic mass is 10.1. The highest BCUT2D eigenvalue weighted by Gasteiger charge is 2.34. The van der Waals surface area contributed by atoms with Crippen LogP contribution in [-0.2, 0) is 14.3 Å². The molecule has 1 amide bonds. The smallest absolute Gasteiger partial charge is 0.310 e. The van der Waals surface area contributed by atoms with E-state index in [4.69, 9.17) is 0 Å². The summed E-state index contributed by atoms with van der Waals surface area (Å²) in [5.41, 5.74) is 0. The van der Waals surface area contributed by atoms with Gasteiger partial charge in [0, 0.05) is 19.5 Å². The summed E-state index contributed by atoms with van der Waals surface area (Å²) < 4.78 is 4.62. The number of likely N-dealkylation sites (tertiary alicyclic amines) is 1. The minimum Gasteiger partial charge on any atom is -0.469 e. The van der Waals surface area contributed by atoms with E-state index in [1.54, 1.807) is 4.90 Å². The molecule has 0 bridgehead atoms. The van der Waals surface area contributed by atoms with Crippen molar-refractivity contribution in [1.82, 2.24) is 4.90 Å². The Labute approximate surface area is 84.2 Å². The minimum absolute atomic E-state index is 0.0776. The van der Waals surface area contributed by atoms with Gasteiger partial charge in [0.1, 0.15) is 0 Å². The molecule has 4 heteroatoms. The summed E-state index contributed by atoms with van der Waals surface area (Å²) in [4.78, 5) is 24.4. The Morgan fingerprint density at radius 1 is 1.64 bits per heavy atom. The number of hydrogen-bond donors (Lipinski definition) is 0. The number of carbonyl (C=O) groups is 2. The van der Waals surface area contributed by atoms with Gasteiger partial charge in [-0.3, -0.25) is 9.59 Å². The number of methoxy groups -OCH3 is 1. The number of hydrogen-bond acceptors (Lipinski definition) is 3. The van der Waals surface area contributed by atoms with Crippen LogP contribution in [0.4, 0.5) is 0 Å². The zero-order valence-corrected chi connectivity index (χ0v) is 8.78. The van der Waals surface area contributed by atoms with Crippen LogP contribution in [0.5, 0.6) is 0 Å². The predicted molar refractivity (Wildman–Crippen MR) is 51.6 cm³/mol. The second kappa shape index (κ2) is 4.98. The van der Waals surface area contributed by atoms with Crippen LogP contribution in [0.25, 0.3) is 0 Å². The summed E-state index contributed by atoms with van der Waals surface area (Å²) in [6, 6.07) is 0. The Kier molecular flexibility index (Phi) is 3.92. The first-order chi connectivity index (χ1) is 6.69. The van der Waals surface area contributed by atoms with Crippen molar-refractivity contribution in [2.75, 3.05) is 20.2 Å². The van der Waals surface area contributed by atoms with E-state index < -0.39 is 0 Å². The van der Waals surface area contributed by atoms with Gasteiger partial charge in [-0.05, 0) is 6.42 Å². The van der Waals surface area contributed by atoms with E-state index in [2.05, 4.69) is 11.7 Å². The van der Waals surface area contributed by atoms with E-state index in [1.165, 1.54) is 7.11 Å². The third-order valence-electron chi connectivity index (χ3n) is 2.53. The van der Waals surface area contributed by atoms with Crippen molar-refractivity contribution < 1.29 is 14.3 Å². The number of carbonyl (C=O) groups excluding carboxylic acids is 2. The molecule has 1 rings (SSSR count). The largest absolute Gasteiger partial charge is 0.469 e. The van der Waals surface area contributed by atoms with E-state index in [0.717, 1.165) is 19.4 Å². The number of ether oxygens (including phenoxy) is 1. The van der Waals surface area contributed by atoms with Crippen LogP contribution in [0.3, 0.4) is 0 Å². The van der Waals surface area contributed by atoms with Gasteiger partial charge in [0.15, 0.2) is 0 Å². The fraction of sp³-hybridized carbons (Fsp3) is 0.800. The molecule has 0 aromatic rings. The van der Waals surface area contributed by atoms with Crippen molar-refractivity contribution in [2.45, 2.75) is 26.2 Å². The van der Waals surface area contributed by atoms with Crippen molar-refractivity contribution >= 4 is 11.9 Å². The maximum Gasteiger partial charge on any atom is 0.310 e. The fourth-order valence-electron chi connectivity index (χ4n) is 1.66. The Morgan fingerprint density at radius 2 is 2.36 bits per heavy atom. The number of amides is 1. The van der Waals surface area contributed by atoms with Gasteiger partial charge in [0.2, 0.25) is 5.91 Å². The van der Waals surface area contributed by atoms with Crippen LogP contribution in [0.2, 0.25) is 0 Å². The first-order valence-electron chi connectivity index (χ1n) is 5.04. The van der Waals surface area contributed by atoms with Crippen LogP contribution < -0.4 is 0 Å². The number of unbranched alkanes of at least 4 members (excludes halogenated alkanes) is 1. The molecule has 0 unspecified atom stereocenters. The molecule has 80 valence electrons. The molecule has 1 atom stereocenters. The average Bonchev–Trinajstić information content (AvgIpc) is 2.56. The molecule has 0 spiro atoms. The van der Waals surface area contributed by atoms with Crippen molar-refractivity contribution in [1.29, 1.82) is 0 Å². The zero-order chi connectivity index (χ0) is 10.6. The van der Waals surface area contributed by atoms with Gasteiger partial charge < -0.3 is 9.64 Å². The highest BCUT2D eigenvalue weighted by atomic mass is 16.5. The molecule has 1 fully saturated rings. The van der Waals surface area contributed by atoms with Crippen molar-refractivity contribution in [2.24, 2.45) is 5.92 Å². The molecule has 0 aliphatic carbocycles. The van der Waals surface area contributed by atoms with Crippen molar-refractivity contribution in [3.8, 4) is 0 Å². The molecule has 14 heavy (non-hydrogen) atoms. The summed E-state index contributed by atoms with van der Waals surface area (Å²) in [6.07, 6.45) is 2.38. The predicted octanol–water partition coefficient (Wildman–Crippen LogP) is 0.808. The Hall–Kier alpha value is -1.06. The van der Waals surface area contributed by atoms with Gasteiger partial charge >= 0.3 is 5.97 Å². The lowest BCUT2D eigenvalue weighted by Gasteiger charge is -2.15. The average molecular weight is 199 g/mol. The highest BCUT2D eigenvalue weighted by molar-refractivity contribution is 5.86. The third kappa shape index (κ3) is 2.47. The highest BCUT2D eigenvalue weighted by Crippen LogP contribution is 2.19. The normalized spacial score (nSPS) is 21.4. The van der Waals surface area contributed by atoms with Crippen LogP contribution in [0, 0.1) is 5.92 Å². The molecule has 0 aromatic heterocycles. The number of nitrogens with zero attached hydrogens (tertiary/aromatic N) is 1. The van der Waals surface area contributed by atoms with Gasteiger partial charge in [0.05, 0.1) is 13.0 Å². The van der Waals surface area contributed by atoms with Gasteiger partial charge in [0.25, 0.3) is 0 Å². The lowest BCUT2D eigenvalue weighted by Crippen LogP contribution is -2.27. The van der Waals surface area contributed by atoms with E-state index in [9.17, 15) is 9.59 Å². The number of esters is 1. The Morgan fingerprint density at radius 3 is 2.93 bits per heavy atom. The summed E-state index contributed by atoms with van der Waals surface area (Å²) >= 11 is 0. The van der Waals surface area contributed by atoms with E-state index >= 15 is 0 Å². The molecule has 0 saturated carbocycles. The SMILES string of the molecule is CCCCN1C[C@@H](C(=O)OC)CC1=O. The summed E-state index contributed by atoms with van der Waals surface area (Å²) in [6.45, 7) is 3.38. The molecule has 1 aliphatic heterocycles. The van der Waals surface area contributed by atoms with Crippen molar-refractivity contribution in [3.63, 3.8) is 0 Å². The van der Waals surface area contributed by atoms with Crippen molar-refractivity contribution in [3.05, 3.63) is 0 Å². The lowest BCUT2D eigenvalue weighted by molar-refractivity contribution is -0.145. The van der Waals surface area contributed by atoms with Crippen LogP contribution >= 0.6 is 0 Å². The summed E-state index contributed by atoms with van der Waals surface area (Å²) in [7, 11) is 1.36. The molecular weight excluding hydrogens is 182 g/mol. The molecule has 0 N–H and O–H groups in total. The van der Waals surface area contributed by atoms with Gasteiger partial charge in [-0.15, -0.1) is 0 Å². The van der Waals surface area contributed by atoms with Crippen LogP contribution in [0.1, 0.15) is 26.2 Å². The van der Waals surface area contributed by atoms with E-state index in [0.29, 0.717) is 13.0 Å². The molecule has 0 radical (unpaired) electrons. The maximum absolute atomic E-state index is 11.4. The quantitative estimate of drug-likeness (QED) is 0.629. The second-order valence-electron chi connectivity index (χ2n) is 3.62. The Balaban J connectivity index is 2.43. The standard InChI is InChI=1S/C10H17NO3/c1-3-4-5-11-7-8(6-9(11)12)10(13)14-2/h8H,3-7H2,1-2H3/t8-/m0/s1. The molecule has 1 heterocycles. The molecule has 1 saturated heterocycles. The molecule has 4 nitrogen and oxygen atoms in total. The Bertz CT molecular complexity index is 227. The fourth-order valence-corrected chi connectivity index (χ4v) is 1.66. The van der Waals surface area contributed by atoms with E-state index in [1.807, 2.05) is 0 Å². The van der Waals surface area contributed by atoms with E-state index in [-0.39, 0.29) is 17.8 Å². The second-order valence-corrected chi connectivity index (χ2v) is 3.62. The van der Waals surface area contributed by atoms with Crippen LogP contribution in [0.15, 0.2) is 0 Å². The summed E-state index contributed by atoms with van der Waals surface area (Å²) in [5.74, 6) is -0.435.